The molecule has 5 rings (SSSR count). The van der Waals surface area contributed by atoms with Gasteiger partial charge in [0.05, 0.1) is 10.9 Å². The van der Waals surface area contributed by atoms with E-state index in [2.05, 4.69) is 32.2 Å². The lowest BCUT2D eigenvalue weighted by Gasteiger charge is -2.26. The summed E-state index contributed by atoms with van der Waals surface area (Å²) in [7, 11) is 0. The number of alkyl halides is 3. The second kappa shape index (κ2) is 9.61. The molecule has 1 aliphatic heterocycles. The van der Waals surface area contributed by atoms with Crippen molar-refractivity contribution in [1.82, 2.24) is 24.8 Å². The summed E-state index contributed by atoms with van der Waals surface area (Å²) in [4.78, 5) is 36.9. The number of anilines is 2. The van der Waals surface area contributed by atoms with Crippen LogP contribution in [0.5, 0.6) is 0 Å². The number of carbonyl (C=O) groups excluding carboxylic acids is 2. The summed E-state index contributed by atoms with van der Waals surface area (Å²) >= 11 is 0. The van der Waals surface area contributed by atoms with Crippen LogP contribution in [-0.2, 0) is 23.9 Å². The van der Waals surface area contributed by atoms with Crippen LogP contribution in [0.1, 0.15) is 28.0 Å². The number of aromatic nitrogens is 4. The SMILES string of the molecule is C=CC(=O)N[C@@H]1CCc2c(-c3ccc(C(=O)Nc4cc(C(F)(F)F)ccn4)cc3)c3c(N)ncnc3n2C1. The maximum atomic E-state index is 13.0. The van der Waals surface area contributed by atoms with Gasteiger partial charge in [0.15, 0.2) is 0 Å². The Morgan fingerprint density at radius 1 is 1.13 bits per heavy atom. The summed E-state index contributed by atoms with van der Waals surface area (Å²) in [5.74, 6) is -0.755. The lowest BCUT2D eigenvalue weighted by Crippen LogP contribution is -2.40. The minimum absolute atomic E-state index is 0.108. The van der Waals surface area contributed by atoms with Gasteiger partial charge in [0, 0.05) is 35.6 Å². The van der Waals surface area contributed by atoms with E-state index in [-0.39, 0.29) is 23.3 Å². The molecule has 4 N–H and O–H groups in total. The number of pyridine rings is 1. The van der Waals surface area contributed by atoms with Crippen molar-refractivity contribution in [2.24, 2.45) is 0 Å². The van der Waals surface area contributed by atoms with Crippen molar-refractivity contribution in [3.05, 3.63) is 78.4 Å². The molecule has 9 nitrogen and oxygen atoms in total. The van der Waals surface area contributed by atoms with Crippen LogP contribution in [-0.4, -0.2) is 37.4 Å². The quantitative estimate of drug-likeness (QED) is 0.341. The number of hydrogen-bond acceptors (Lipinski definition) is 6. The van der Waals surface area contributed by atoms with E-state index >= 15 is 0 Å². The number of rotatable bonds is 5. The Balaban J connectivity index is 1.45. The van der Waals surface area contributed by atoms with E-state index < -0.39 is 17.6 Å². The molecule has 0 saturated heterocycles. The monoisotopic (exact) mass is 521 g/mol. The molecule has 194 valence electrons. The molecule has 3 aromatic heterocycles. The first-order valence-corrected chi connectivity index (χ1v) is 11.6. The molecular formula is C26H22F3N7O2. The number of nitrogens with one attached hydrogen (secondary N) is 2. The van der Waals surface area contributed by atoms with Crippen LogP contribution in [0, 0.1) is 0 Å². The largest absolute Gasteiger partial charge is 0.416 e. The van der Waals surface area contributed by atoms with Gasteiger partial charge in [0.25, 0.3) is 5.91 Å². The first-order chi connectivity index (χ1) is 18.2. The number of nitrogen functional groups attached to an aromatic ring is 1. The minimum atomic E-state index is -4.55. The molecule has 1 aromatic carbocycles. The zero-order valence-corrected chi connectivity index (χ0v) is 19.9. The van der Waals surface area contributed by atoms with E-state index in [1.54, 1.807) is 24.3 Å². The number of hydrogen-bond donors (Lipinski definition) is 3. The number of halogens is 3. The Morgan fingerprint density at radius 2 is 1.89 bits per heavy atom. The third-order valence-electron chi connectivity index (χ3n) is 6.41. The fourth-order valence-electron chi connectivity index (χ4n) is 4.66. The summed E-state index contributed by atoms with van der Waals surface area (Å²) in [5, 5.41) is 6.00. The average Bonchev–Trinajstić information content (AvgIpc) is 3.23. The zero-order valence-electron chi connectivity index (χ0n) is 19.9. The van der Waals surface area contributed by atoms with Crippen LogP contribution in [0.15, 0.2) is 61.6 Å². The second-order valence-electron chi connectivity index (χ2n) is 8.80. The molecule has 0 bridgehead atoms. The van der Waals surface area contributed by atoms with Crippen LogP contribution < -0.4 is 16.4 Å². The van der Waals surface area contributed by atoms with Crippen molar-refractivity contribution in [2.45, 2.75) is 31.6 Å². The Morgan fingerprint density at radius 3 is 2.61 bits per heavy atom. The molecule has 0 spiro atoms. The highest BCUT2D eigenvalue weighted by Gasteiger charge is 2.31. The first kappa shape index (κ1) is 24.9. The van der Waals surface area contributed by atoms with Crippen LogP contribution in [0.3, 0.4) is 0 Å². The lowest BCUT2D eigenvalue weighted by molar-refractivity contribution is -0.137. The summed E-state index contributed by atoms with van der Waals surface area (Å²) < 4.78 is 40.9. The van der Waals surface area contributed by atoms with Gasteiger partial charge in [0.1, 0.15) is 23.6 Å². The molecule has 4 heterocycles. The first-order valence-electron chi connectivity index (χ1n) is 11.6. The van der Waals surface area contributed by atoms with Crippen LogP contribution in [0.2, 0.25) is 0 Å². The summed E-state index contributed by atoms with van der Waals surface area (Å²) in [6.45, 7) is 3.99. The maximum Gasteiger partial charge on any atom is 0.416 e. The highest BCUT2D eigenvalue weighted by Crippen LogP contribution is 2.39. The van der Waals surface area contributed by atoms with E-state index in [9.17, 15) is 22.8 Å². The van der Waals surface area contributed by atoms with Gasteiger partial charge < -0.3 is 20.9 Å². The molecule has 0 saturated carbocycles. The predicted octanol–water partition coefficient (Wildman–Crippen LogP) is 3.96. The molecule has 0 unspecified atom stereocenters. The fraction of sp³-hybridized carbons (Fsp3) is 0.192. The summed E-state index contributed by atoms with van der Waals surface area (Å²) in [6.07, 6.45) is 0.387. The average molecular weight is 522 g/mol. The Bertz CT molecular complexity index is 1560. The van der Waals surface area contributed by atoms with Gasteiger partial charge in [0.2, 0.25) is 5.91 Å². The highest BCUT2D eigenvalue weighted by atomic mass is 19.4. The fourth-order valence-corrected chi connectivity index (χ4v) is 4.66. The van der Waals surface area contributed by atoms with E-state index in [1.807, 2.05) is 4.57 Å². The van der Waals surface area contributed by atoms with E-state index in [4.69, 9.17) is 5.73 Å². The standard InChI is InChI=1S/C26H22F3N7O2/c1-2-20(37)34-17-7-8-18-21(22-23(30)32-13-33-24(22)36(18)12-17)14-3-5-15(6-4-14)25(38)35-19-11-16(9-10-31-19)26(27,28)29/h2-6,9-11,13,17H,1,7-8,12H2,(H,34,37)(H2,30,32,33)(H,31,35,38)/t17-/m1/s1. The molecule has 1 atom stereocenters. The van der Waals surface area contributed by atoms with Gasteiger partial charge in [-0.1, -0.05) is 18.7 Å². The summed E-state index contributed by atoms with van der Waals surface area (Å²) in [5.41, 5.74) is 8.79. The van der Waals surface area contributed by atoms with E-state index in [0.29, 0.717) is 36.2 Å². The molecule has 38 heavy (non-hydrogen) atoms. The molecule has 4 aromatic rings. The van der Waals surface area contributed by atoms with Crippen LogP contribution in [0.4, 0.5) is 24.8 Å². The van der Waals surface area contributed by atoms with Gasteiger partial charge in [-0.2, -0.15) is 13.2 Å². The smallest absolute Gasteiger partial charge is 0.383 e. The molecule has 1 aliphatic rings. The van der Waals surface area contributed by atoms with Gasteiger partial charge >= 0.3 is 6.18 Å². The van der Waals surface area contributed by atoms with Crippen molar-refractivity contribution in [1.29, 1.82) is 0 Å². The Hall–Kier alpha value is -4.74. The van der Waals surface area contributed by atoms with Gasteiger partial charge in [-0.25, -0.2) is 15.0 Å². The van der Waals surface area contributed by atoms with E-state index in [1.165, 1.54) is 12.4 Å². The van der Waals surface area contributed by atoms with Crippen LogP contribution in [0.25, 0.3) is 22.2 Å². The van der Waals surface area contributed by atoms with Gasteiger partial charge in [-0.3, -0.25) is 9.59 Å². The number of carbonyl (C=O) groups is 2. The number of fused-ring (bicyclic) bond motifs is 3. The van der Waals surface area contributed by atoms with Crippen molar-refractivity contribution < 1.29 is 22.8 Å². The predicted molar refractivity (Wildman–Crippen MR) is 135 cm³/mol. The number of nitrogens with two attached hydrogens (primary N) is 1. The highest BCUT2D eigenvalue weighted by molar-refractivity contribution is 6.05. The Kier molecular flexibility index (Phi) is 6.31. The van der Waals surface area contributed by atoms with E-state index in [0.717, 1.165) is 35.2 Å². The van der Waals surface area contributed by atoms with Gasteiger partial charge in [-0.15, -0.1) is 0 Å². The normalized spacial score (nSPS) is 15.1. The number of nitrogens with zero attached hydrogens (tertiary/aromatic N) is 4. The van der Waals surface area contributed by atoms with Gasteiger partial charge in [-0.05, 0) is 48.7 Å². The second-order valence-corrected chi connectivity index (χ2v) is 8.80. The van der Waals surface area contributed by atoms with Crippen molar-refractivity contribution >= 4 is 34.5 Å². The molecule has 0 radical (unpaired) electrons. The Labute approximate surface area is 214 Å². The lowest BCUT2D eigenvalue weighted by atomic mass is 9.96. The third-order valence-corrected chi connectivity index (χ3v) is 6.41. The number of amides is 2. The topological polar surface area (TPSA) is 128 Å². The molecule has 0 fully saturated rings. The van der Waals surface area contributed by atoms with Crippen molar-refractivity contribution in [2.75, 3.05) is 11.1 Å². The maximum absolute atomic E-state index is 13.0. The molecular weight excluding hydrogens is 499 g/mol. The summed E-state index contributed by atoms with van der Waals surface area (Å²) in [6, 6.07) is 8.12. The molecule has 2 amide bonds. The zero-order chi connectivity index (χ0) is 27.0. The van der Waals surface area contributed by atoms with Crippen molar-refractivity contribution in [3.8, 4) is 11.1 Å². The van der Waals surface area contributed by atoms with Crippen LogP contribution >= 0.6 is 0 Å². The van der Waals surface area contributed by atoms with Crippen molar-refractivity contribution in [3.63, 3.8) is 0 Å². The molecule has 12 heteroatoms. The minimum Gasteiger partial charge on any atom is -0.383 e. The molecule has 0 aliphatic carbocycles. The third kappa shape index (κ3) is 4.67. The number of benzene rings is 1.